The second-order valence-corrected chi connectivity index (χ2v) is 3.91. The van der Waals surface area contributed by atoms with Crippen LogP contribution in [-0.4, -0.2) is 15.6 Å². The average Bonchev–Trinajstić information content (AvgIpc) is 2.70. The van der Waals surface area contributed by atoms with Gasteiger partial charge in [-0.05, 0) is 12.5 Å². The molecule has 2 rings (SSSR count). The number of rotatable bonds is 3. The molecule has 1 N–H and O–H groups in total. The van der Waals surface area contributed by atoms with E-state index in [2.05, 4.69) is 12.8 Å². The zero-order chi connectivity index (χ0) is 13.3. The first kappa shape index (κ1) is 11.9. The number of benzene rings is 1. The van der Waals surface area contributed by atoms with Crippen LogP contribution in [-0.2, 0) is 11.2 Å². The first-order valence-electron chi connectivity index (χ1n) is 5.56. The van der Waals surface area contributed by atoms with Crippen LogP contribution in [0.1, 0.15) is 18.2 Å². The molecule has 0 aliphatic heterocycles. The third kappa shape index (κ3) is 1.57. The molecule has 1 aromatic heterocycles. The fourth-order valence-corrected chi connectivity index (χ4v) is 2.19. The van der Waals surface area contributed by atoms with Gasteiger partial charge in [-0.2, -0.15) is 5.26 Å². The number of carbonyl (C=O) groups is 1. The van der Waals surface area contributed by atoms with Crippen LogP contribution in [0.15, 0.2) is 30.8 Å². The molecule has 90 valence electrons. The lowest BCUT2D eigenvalue weighted by atomic mass is 10.0. The van der Waals surface area contributed by atoms with Crippen molar-refractivity contribution in [3.8, 4) is 6.19 Å². The van der Waals surface area contributed by atoms with Crippen molar-refractivity contribution in [3.05, 3.63) is 42.1 Å². The first-order chi connectivity index (χ1) is 8.61. The van der Waals surface area contributed by atoms with Crippen molar-refractivity contribution in [2.75, 3.05) is 0 Å². The fraction of sp³-hybridized carbons (Fsp3) is 0.143. The fourth-order valence-electron chi connectivity index (χ4n) is 2.19. The van der Waals surface area contributed by atoms with E-state index >= 15 is 0 Å². The molecule has 4 nitrogen and oxygen atoms in total. The van der Waals surface area contributed by atoms with E-state index in [4.69, 9.17) is 5.11 Å². The van der Waals surface area contributed by atoms with Gasteiger partial charge in [0.05, 0.1) is 11.1 Å². The van der Waals surface area contributed by atoms with Gasteiger partial charge in [-0.3, -0.25) is 4.57 Å². The van der Waals surface area contributed by atoms with Crippen LogP contribution in [0.2, 0.25) is 0 Å². The third-order valence-corrected chi connectivity index (χ3v) is 2.97. The predicted octanol–water partition coefficient (Wildman–Crippen LogP) is 2.63. The topological polar surface area (TPSA) is 66.0 Å². The lowest BCUT2D eigenvalue weighted by Crippen LogP contribution is -2.02. The smallest absolute Gasteiger partial charge is 0.335 e. The van der Waals surface area contributed by atoms with Crippen LogP contribution in [0.5, 0.6) is 0 Å². The summed E-state index contributed by atoms with van der Waals surface area (Å²) in [6, 6.07) is 7.26. The Labute approximate surface area is 104 Å². The van der Waals surface area contributed by atoms with Crippen LogP contribution in [0.25, 0.3) is 16.5 Å². The molecule has 0 bridgehead atoms. The Morgan fingerprint density at radius 2 is 2.17 bits per heavy atom. The number of fused-ring (bicyclic) bond motifs is 1. The van der Waals surface area contributed by atoms with Gasteiger partial charge in [-0.15, -0.1) is 0 Å². The van der Waals surface area contributed by atoms with Gasteiger partial charge in [0.15, 0.2) is 6.19 Å². The van der Waals surface area contributed by atoms with E-state index in [9.17, 15) is 10.1 Å². The van der Waals surface area contributed by atoms with Crippen molar-refractivity contribution in [2.24, 2.45) is 0 Å². The standard InChI is InChI=1S/C14H12N2O2/c1-3-11-13(9(2)14(17)18)10-6-4-5-7-12(10)16(11)8-15/h4-7H,2-3H2,1H3,(H,17,18). The lowest BCUT2D eigenvalue weighted by molar-refractivity contribution is -0.130. The van der Waals surface area contributed by atoms with Gasteiger partial charge in [0, 0.05) is 16.6 Å². The van der Waals surface area contributed by atoms with Crippen LogP contribution in [0.4, 0.5) is 0 Å². The molecule has 0 fully saturated rings. The molecule has 0 saturated carbocycles. The second-order valence-electron chi connectivity index (χ2n) is 3.91. The van der Waals surface area contributed by atoms with E-state index in [1.165, 1.54) is 4.57 Å². The van der Waals surface area contributed by atoms with Gasteiger partial charge >= 0.3 is 5.97 Å². The molecular formula is C14H12N2O2. The molecule has 0 unspecified atom stereocenters. The molecule has 18 heavy (non-hydrogen) atoms. The Morgan fingerprint density at radius 3 is 2.72 bits per heavy atom. The number of hydrogen-bond acceptors (Lipinski definition) is 2. The molecule has 0 saturated heterocycles. The highest BCUT2D eigenvalue weighted by atomic mass is 16.4. The molecule has 0 aliphatic rings. The molecule has 1 heterocycles. The predicted molar refractivity (Wildman–Crippen MR) is 69.0 cm³/mol. The zero-order valence-electron chi connectivity index (χ0n) is 9.97. The maximum Gasteiger partial charge on any atom is 0.335 e. The minimum Gasteiger partial charge on any atom is -0.478 e. The van der Waals surface area contributed by atoms with E-state index < -0.39 is 5.97 Å². The Hall–Kier alpha value is -2.54. The minimum absolute atomic E-state index is 0.0250. The van der Waals surface area contributed by atoms with Gasteiger partial charge < -0.3 is 5.11 Å². The Morgan fingerprint density at radius 1 is 1.50 bits per heavy atom. The Bertz CT molecular complexity index is 690. The van der Waals surface area contributed by atoms with Crippen LogP contribution in [0, 0.1) is 11.5 Å². The van der Waals surface area contributed by atoms with Crippen molar-refractivity contribution in [3.63, 3.8) is 0 Å². The largest absolute Gasteiger partial charge is 0.478 e. The summed E-state index contributed by atoms with van der Waals surface area (Å²) in [5.74, 6) is -1.06. The first-order valence-corrected chi connectivity index (χ1v) is 5.56. The summed E-state index contributed by atoms with van der Waals surface area (Å²) in [7, 11) is 0. The summed E-state index contributed by atoms with van der Waals surface area (Å²) in [4.78, 5) is 11.1. The van der Waals surface area contributed by atoms with Gasteiger partial charge in [0.2, 0.25) is 0 Å². The number of carboxylic acids is 1. The van der Waals surface area contributed by atoms with Gasteiger partial charge in [0.25, 0.3) is 0 Å². The summed E-state index contributed by atoms with van der Waals surface area (Å²) in [5.41, 5.74) is 1.99. The summed E-state index contributed by atoms with van der Waals surface area (Å²) in [6.45, 7) is 5.50. The van der Waals surface area contributed by atoms with E-state index in [1.54, 1.807) is 6.07 Å². The third-order valence-electron chi connectivity index (χ3n) is 2.97. The zero-order valence-corrected chi connectivity index (χ0v) is 9.97. The van der Waals surface area contributed by atoms with E-state index in [1.807, 2.05) is 25.1 Å². The number of para-hydroxylation sites is 1. The SMILES string of the molecule is C=C(C(=O)O)c1c(CC)n(C#N)c2ccccc12. The van der Waals surface area contributed by atoms with Crippen molar-refractivity contribution in [2.45, 2.75) is 13.3 Å². The maximum atomic E-state index is 11.1. The van der Waals surface area contributed by atoms with Gasteiger partial charge in [0.1, 0.15) is 0 Å². The number of hydrogen-bond donors (Lipinski definition) is 1. The van der Waals surface area contributed by atoms with Gasteiger partial charge in [-0.25, -0.2) is 4.79 Å². The molecule has 4 heteroatoms. The molecule has 0 amide bonds. The molecule has 2 aromatic rings. The van der Waals surface area contributed by atoms with Crippen molar-refractivity contribution in [1.29, 1.82) is 5.26 Å². The quantitative estimate of drug-likeness (QED) is 0.838. The molecule has 0 radical (unpaired) electrons. The molecule has 0 atom stereocenters. The molecule has 1 aromatic carbocycles. The van der Waals surface area contributed by atoms with E-state index in [0.29, 0.717) is 23.2 Å². The summed E-state index contributed by atoms with van der Waals surface area (Å²) >= 11 is 0. The molecule has 0 spiro atoms. The number of aromatic nitrogens is 1. The molecular weight excluding hydrogens is 228 g/mol. The van der Waals surface area contributed by atoms with Crippen LogP contribution >= 0.6 is 0 Å². The van der Waals surface area contributed by atoms with Crippen LogP contribution in [0.3, 0.4) is 0 Å². The van der Waals surface area contributed by atoms with Crippen LogP contribution < -0.4 is 0 Å². The minimum atomic E-state index is -1.06. The Balaban J connectivity index is 2.91. The van der Waals surface area contributed by atoms with E-state index in [-0.39, 0.29) is 5.57 Å². The number of aliphatic carboxylic acids is 1. The monoisotopic (exact) mass is 240 g/mol. The summed E-state index contributed by atoms with van der Waals surface area (Å²) in [5, 5.41) is 19.1. The summed E-state index contributed by atoms with van der Waals surface area (Å²) in [6.07, 6.45) is 2.66. The average molecular weight is 240 g/mol. The highest BCUT2D eigenvalue weighted by molar-refractivity contribution is 6.19. The number of carboxylic acid groups (broad SMARTS) is 1. The number of nitrogens with zero attached hydrogens (tertiary/aromatic N) is 2. The van der Waals surface area contributed by atoms with Crippen molar-refractivity contribution in [1.82, 2.24) is 4.57 Å². The number of nitriles is 1. The van der Waals surface area contributed by atoms with Gasteiger partial charge in [-0.1, -0.05) is 31.7 Å². The van der Waals surface area contributed by atoms with Crippen molar-refractivity contribution < 1.29 is 9.90 Å². The van der Waals surface area contributed by atoms with E-state index in [0.717, 1.165) is 5.39 Å². The maximum absolute atomic E-state index is 11.1. The highest BCUT2D eigenvalue weighted by Gasteiger charge is 2.20. The normalized spacial score (nSPS) is 10.2. The molecule has 0 aliphatic carbocycles. The Kier molecular flexibility index (Phi) is 2.90. The lowest BCUT2D eigenvalue weighted by Gasteiger charge is -2.03. The highest BCUT2D eigenvalue weighted by Crippen LogP contribution is 2.31. The summed E-state index contributed by atoms with van der Waals surface area (Å²) < 4.78 is 1.47. The van der Waals surface area contributed by atoms with Crippen molar-refractivity contribution >= 4 is 22.4 Å². The second kappa shape index (κ2) is 4.38.